The van der Waals surface area contributed by atoms with Gasteiger partial charge in [-0.25, -0.2) is 9.37 Å². The van der Waals surface area contributed by atoms with Crippen LogP contribution in [0.5, 0.6) is 0 Å². The molecule has 1 atom stereocenters. The zero-order chi connectivity index (χ0) is 21.0. The van der Waals surface area contributed by atoms with Crippen molar-refractivity contribution in [2.24, 2.45) is 23.7 Å². The number of nitrogens with zero attached hydrogens (tertiary/aromatic N) is 2. The Hall–Kier alpha value is -1.72. The molecule has 7 rings (SSSR count). The van der Waals surface area contributed by atoms with Crippen LogP contribution in [0.3, 0.4) is 0 Å². The number of piperidine rings is 1. The Morgan fingerprint density at radius 2 is 1.84 bits per heavy atom. The van der Waals surface area contributed by atoms with Crippen molar-refractivity contribution in [3.05, 3.63) is 35.6 Å². The third kappa shape index (κ3) is 3.74. The summed E-state index contributed by atoms with van der Waals surface area (Å²) in [5.74, 6) is 3.79. The highest BCUT2D eigenvalue weighted by Crippen LogP contribution is 2.55. The van der Waals surface area contributed by atoms with E-state index in [-0.39, 0.29) is 12.4 Å². The van der Waals surface area contributed by atoms with E-state index in [1.54, 1.807) is 6.07 Å². The monoisotopic (exact) mass is 423 g/mol. The van der Waals surface area contributed by atoms with Crippen LogP contribution < -0.4 is 10.2 Å². The van der Waals surface area contributed by atoms with Crippen LogP contribution in [-0.2, 0) is 6.54 Å². The molecule has 1 aromatic heterocycles. The van der Waals surface area contributed by atoms with Crippen LogP contribution in [0.2, 0.25) is 0 Å². The van der Waals surface area contributed by atoms with E-state index in [0.29, 0.717) is 11.5 Å². The fourth-order valence-electron chi connectivity index (χ4n) is 7.59. The number of hydrogen-bond donors (Lipinski definition) is 2. The van der Waals surface area contributed by atoms with Gasteiger partial charge in [-0.3, -0.25) is 0 Å². The Bertz CT molecular complexity index is 941. The molecule has 4 aliphatic carbocycles. The number of aliphatic hydroxyl groups is 1. The van der Waals surface area contributed by atoms with Gasteiger partial charge in [0, 0.05) is 48.8 Å². The van der Waals surface area contributed by atoms with Gasteiger partial charge in [-0.05, 0) is 93.2 Å². The number of fused-ring (bicyclic) bond motifs is 1. The second kappa shape index (κ2) is 7.70. The minimum absolute atomic E-state index is 0.222. The summed E-state index contributed by atoms with van der Waals surface area (Å²) >= 11 is 0. The molecule has 1 saturated heterocycles. The molecule has 31 heavy (non-hydrogen) atoms. The van der Waals surface area contributed by atoms with Crippen molar-refractivity contribution in [1.82, 2.24) is 10.3 Å². The number of pyridine rings is 1. The smallest absolute Gasteiger partial charge is 0.133 e. The van der Waals surface area contributed by atoms with Crippen LogP contribution in [0.4, 0.5) is 10.2 Å². The Morgan fingerprint density at radius 1 is 1.10 bits per heavy atom. The second-order valence-electron chi connectivity index (χ2n) is 11.0. The van der Waals surface area contributed by atoms with Gasteiger partial charge >= 0.3 is 0 Å². The lowest BCUT2D eigenvalue weighted by molar-refractivity contribution is -0.0205. The Balaban J connectivity index is 1.31. The molecule has 2 aromatic rings. The average molecular weight is 424 g/mol. The summed E-state index contributed by atoms with van der Waals surface area (Å²) in [5.41, 5.74) is 2.24. The van der Waals surface area contributed by atoms with E-state index >= 15 is 0 Å². The third-order valence-electron chi connectivity index (χ3n) is 8.60. The molecule has 2 N–H and O–H groups in total. The molecule has 0 spiro atoms. The van der Waals surface area contributed by atoms with Crippen molar-refractivity contribution in [3.63, 3.8) is 0 Å². The van der Waals surface area contributed by atoms with E-state index in [1.165, 1.54) is 50.2 Å². The molecule has 5 aliphatic rings. The van der Waals surface area contributed by atoms with E-state index in [2.05, 4.69) is 16.3 Å². The highest BCUT2D eigenvalue weighted by Gasteiger charge is 2.50. The van der Waals surface area contributed by atoms with E-state index in [9.17, 15) is 9.50 Å². The highest BCUT2D eigenvalue weighted by atomic mass is 19.1. The molecule has 4 bridgehead atoms. The van der Waals surface area contributed by atoms with Gasteiger partial charge in [0.1, 0.15) is 11.6 Å². The van der Waals surface area contributed by atoms with Crippen molar-refractivity contribution >= 4 is 16.7 Å². The lowest BCUT2D eigenvalue weighted by Crippen LogP contribution is -2.58. The maximum absolute atomic E-state index is 13.9. The lowest BCUT2D eigenvalue weighted by atomic mass is 9.53. The minimum Gasteiger partial charge on any atom is -0.396 e. The SMILES string of the molecule is OC[C@H]1CCCN(c2nc3cc(F)ccc3cc2CNC23CC4CC(CC(C4)C2)C3)C1. The maximum atomic E-state index is 13.9. The lowest BCUT2D eigenvalue weighted by Gasteiger charge is -2.57. The Morgan fingerprint density at radius 3 is 2.55 bits per heavy atom. The largest absolute Gasteiger partial charge is 0.396 e. The average Bonchev–Trinajstić information content (AvgIpc) is 2.76. The van der Waals surface area contributed by atoms with Crippen LogP contribution in [0.25, 0.3) is 10.9 Å². The topological polar surface area (TPSA) is 48.4 Å². The molecule has 0 radical (unpaired) electrons. The summed E-state index contributed by atoms with van der Waals surface area (Å²) < 4.78 is 13.9. The van der Waals surface area contributed by atoms with Crippen LogP contribution in [0, 0.1) is 29.5 Å². The number of aliphatic hydroxyl groups excluding tert-OH is 1. The van der Waals surface area contributed by atoms with Gasteiger partial charge in [-0.2, -0.15) is 0 Å². The van der Waals surface area contributed by atoms with Gasteiger partial charge in [0.05, 0.1) is 5.52 Å². The fourth-order valence-corrected chi connectivity index (χ4v) is 7.59. The van der Waals surface area contributed by atoms with Crippen molar-refractivity contribution in [1.29, 1.82) is 0 Å². The van der Waals surface area contributed by atoms with Crippen molar-refractivity contribution in [2.75, 3.05) is 24.6 Å². The zero-order valence-electron chi connectivity index (χ0n) is 18.3. The van der Waals surface area contributed by atoms with Crippen LogP contribution in [-0.4, -0.2) is 35.3 Å². The molecule has 4 nitrogen and oxygen atoms in total. The summed E-state index contributed by atoms with van der Waals surface area (Å²) in [6.45, 7) is 2.82. The van der Waals surface area contributed by atoms with E-state index in [1.807, 2.05) is 6.07 Å². The third-order valence-corrected chi connectivity index (χ3v) is 8.60. The molecule has 5 heteroatoms. The summed E-state index contributed by atoms with van der Waals surface area (Å²) in [6, 6.07) is 7.14. The highest BCUT2D eigenvalue weighted by molar-refractivity contribution is 5.82. The van der Waals surface area contributed by atoms with Gasteiger partial charge < -0.3 is 15.3 Å². The molecule has 2 heterocycles. The first-order valence-corrected chi connectivity index (χ1v) is 12.3. The second-order valence-corrected chi connectivity index (χ2v) is 11.0. The Kier molecular flexibility index (Phi) is 4.95. The van der Waals surface area contributed by atoms with Crippen LogP contribution in [0.1, 0.15) is 56.9 Å². The number of hydrogen-bond acceptors (Lipinski definition) is 4. The van der Waals surface area contributed by atoms with Gasteiger partial charge in [0.15, 0.2) is 0 Å². The zero-order valence-corrected chi connectivity index (χ0v) is 18.3. The minimum atomic E-state index is -0.239. The molecule has 0 amide bonds. The summed E-state index contributed by atoms with van der Waals surface area (Å²) in [6.07, 6.45) is 10.5. The standard InChI is InChI=1S/C26H34FN3O/c27-23-4-3-21-9-22(14-28-26-11-18-6-19(12-26)8-20(7-18)13-26)25(29-24(21)10-23)30-5-1-2-17(15-30)16-31/h3-4,9-10,17-20,28,31H,1-2,5-8,11-16H2/t17-,18?,19?,20?,26?/m0/s1. The Labute approximate surface area is 184 Å². The number of aromatic nitrogens is 1. The molecule has 4 saturated carbocycles. The molecule has 1 aliphatic heterocycles. The first-order chi connectivity index (χ1) is 15.1. The normalized spacial score (nSPS) is 34.6. The number of nitrogens with one attached hydrogen (secondary N) is 1. The first kappa shape index (κ1) is 19.9. The maximum Gasteiger partial charge on any atom is 0.133 e. The number of benzene rings is 1. The van der Waals surface area contributed by atoms with Crippen molar-refractivity contribution < 1.29 is 9.50 Å². The number of anilines is 1. The van der Waals surface area contributed by atoms with E-state index in [4.69, 9.17) is 4.98 Å². The summed E-state index contributed by atoms with van der Waals surface area (Å²) in [7, 11) is 0. The van der Waals surface area contributed by atoms with Gasteiger partial charge in [-0.1, -0.05) is 0 Å². The summed E-state index contributed by atoms with van der Waals surface area (Å²) in [5, 5.41) is 14.8. The van der Waals surface area contributed by atoms with Gasteiger partial charge in [0.2, 0.25) is 0 Å². The molecule has 166 valence electrons. The van der Waals surface area contributed by atoms with Crippen molar-refractivity contribution in [2.45, 2.75) is 63.5 Å². The van der Waals surface area contributed by atoms with Crippen LogP contribution >= 0.6 is 0 Å². The fraction of sp³-hybridized carbons (Fsp3) is 0.654. The van der Waals surface area contributed by atoms with Crippen molar-refractivity contribution in [3.8, 4) is 0 Å². The van der Waals surface area contributed by atoms with Gasteiger partial charge in [-0.15, -0.1) is 0 Å². The van der Waals surface area contributed by atoms with E-state index < -0.39 is 0 Å². The molecule has 5 fully saturated rings. The molecular weight excluding hydrogens is 389 g/mol. The number of rotatable bonds is 5. The predicted octanol–water partition coefficient (Wildman–Crippen LogP) is 4.64. The van der Waals surface area contributed by atoms with E-state index in [0.717, 1.165) is 67.0 Å². The molecule has 0 unspecified atom stereocenters. The summed E-state index contributed by atoms with van der Waals surface area (Å²) in [4.78, 5) is 7.28. The van der Waals surface area contributed by atoms with Gasteiger partial charge in [0.25, 0.3) is 0 Å². The predicted molar refractivity (Wildman–Crippen MR) is 121 cm³/mol. The molecular formula is C26H34FN3O. The number of halogens is 1. The van der Waals surface area contributed by atoms with Crippen LogP contribution in [0.15, 0.2) is 24.3 Å². The first-order valence-electron chi connectivity index (χ1n) is 12.3. The quantitative estimate of drug-likeness (QED) is 0.736. The molecule has 1 aromatic carbocycles.